The predicted molar refractivity (Wildman–Crippen MR) is 124 cm³/mol. The molecule has 1 saturated heterocycles. The van der Waals surface area contributed by atoms with Crippen LogP contribution < -0.4 is 9.62 Å². The fourth-order valence-electron chi connectivity index (χ4n) is 3.80. The standard InChI is InChI=1S/C22H25N3O3S2/c1-30(27,28)23-17-5-4-6-18(15-17)25-13-11-24(12-14-25)10-9-21(26)20-16-29-22-8-3-2-7-19(20)22/h2-8,15-16,23H,9-14H2,1H3. The number of benzene rings is 2. The molecule has 1 aliphatic rings. The van der Waals surface area contributed by atoms with Gasteiger partial charge in [-0.1, -0.05) is 24.3 Å². The van der Waals surface area contributed by atoms with Gasteiger partial charge < -0.3 is 4.90 Å². The fraction of sp³-hybridized carbons (Fsp3) is 0.318. The number of ketones is 1. The zero-order chi connectivity index (χ0) is 21.1. The van der Waals surface area contributed by atoms with Gasteiger partial charge in [-0.05, 0) is 24.3 Å². The number of sulfonamides is 1. The van der Waals surface area contributed by atoms with Crippen molar-refractivity contribution >= 4 is 48.6 Å². The molecular weight excluding hydrogens is 418 g/mol. The first kappa shape index (κ1) is 20.8. The van der Waals surface area contributed by atoms with E-state index < -0.39 is 10.0 Å². The Morgan fingerprint density at radius 1 is 1.07 bits per heavy atom. The number of carbonyl (C=O) groups is 1. The lowest BCUT2D eigenvalue weighted by Crippen LogP contribution is -2.46. The van der Waals surface area contributed by atoms with Crippen molar-refractivity contribution in [3.8, 4) is 0 Å². The third-order valence-corrected chi connectivity index (χ3v) is 6.89. The van der Waals surface area contributed by atoms with Crippen molar-refractivity contribution in [3.05, 3.63) is 59.5 Å². The normalized spacial score (nSPS) is 15.4. The number of hydrogen-bond acceptors (Lipinski definition) is 6. The number of thiophene rings is 1. The highest BCUT2D eigenvalue weighted by molar-refractivity contribution is 7.92. The first-order valence-electron chi connectivity index (χ1n) is 9.94. The van der Waals surface area contributed by atoms with Gasteiger partial charge in [0.05, 0.1) is 11.9 Å². The van der Waals surface area contributed by atoms with Gasteiger partial charge in [-0.3, -0.25) is 14.4 Å². The topological polar surface area (TPSA) is 69.7 Å². The minimum absolute atomic E-state index is 0.203. The Morgan fingerprint density at radius 2 is 1.83 bits per heavy atom. The Kier molecular flexibility index (Phi) is 6.08. The van der Waals surface area contributed by atoms with E-state index in [2.05, 4.69) is 20.6 Å². The van der Waals surface area contributed by atoms with Gasteiger partial charge in [-0.2, -0.15) is 0 Å². The van der Waals surface area contributed by atoms with Crippen LogP contribution in [0.3, 0.4) is 0 Å². The van der Waals surface area contributed by atoms with Crippen LogP contribution in [0, 0.1) is 0 Å². The molecule has 0 radical (unpaired) electrons. The molecular formula is C22H25N3O3S2. The lowest BCUT2D eigenvalue weighted by Gasteiger charge is -2.36. The SMILES string of the molecule is CS(=O)(=O)Nc1cccc(N2CCN(CCC(=O)c3csc4ccccc34)CC2)c1. The van der Waals surface area contributed by atoms with E-state index in [0.717, 1.165) is 60.3 Å². The van der Waals surface area contributed by atoms with Crippen LogP contribution in [0.25, 0.3) is 10.1 Å². The van der Waals surface area contributed by atoms with E-state index in [9.17, 15) is 13.2 Å². The molecule has 1 fully saturated rings. The van der Waals surface area contributed by atoms with E-state index in [4.69, 9.17) is 0 Å². The van der Waals surface area contributed by atoms with Gasteiger partial charge in [-0.25, -0.2) is 8.42 Å². The van der Waals surface area contributed by atoms with E-state index in [-0.39, 0.29) is 5.78 Å². The van der Waals surface area contributed by atoms with Crippen LogP contribution in [0.4, 0.5) is 11.4 Å². The average Bonchev–Trinajstić information content (AvgIpc) is 3.16. The van der Waals surface area contributed by atoms with Crippen molar-refractivity contribution < 1.29 is 13.2 Å². The Morgan fingerprint density at radius 3 is 2.60 bits per heavy atom. The summed E-state index contributed by atoms with van der Waals surface area (Å²) < 4.78 is 26.6. The number of nitrogens with one attached hydrogen (secondary N) is 1. The molecule has 0 atom stereocenters. The fourth-order valence-corrected chi connectivity index (χ4v) is 5.32. The van der Waals surface area contributed by atoms with Crippen LogP contribution >= 0.6 is 11.3 Å². The summed E-state index contributed by atoms with van der Waals surface area (Å²) in [5.41, 5.74) is 2.42. The number of nitrogens with zero attached hydrogens (tertiary/aromatic N) is 2. The van der Waals surface area contributed by atoms with Gasteiger partial charge in [0.25, 0.3) is 0 Å². The molecule has 30 heavy (non-hydrogen) atoms. The van der Waals surface area contributed by atoms with Crippen LogP contribution in [-0.4, -0.2) is 58.1 Å². The summed E-state index contributed by atoms with van der Waals surface area (Å²) in [6.07, 6.45) is 1.67. The van der Waals surface area contributed by atoms with Crippen molar-refractivity contribution in [2.75, 3.05) is 48.6 Å². The van der Waals surface area contributed by atoms with Crippen LogP contribution in [0.5, 0.6) is 0 Å². The molecule has 0 saturated carbocycles. The molecule has 2 aromatic carbocycles. The number of piperazine rings is 1. The van der Waals surface area contributed by atoms with Gasteiger partial charge >= 0.3 is 0 Å². The van der Waals surface area contributed by atoms with Gasteiger partial charge in [0, 0.05) is 65.9 Å². The first-order valence-corrected chi connectivity index (χ1v) is 12.7. The molecule has 6 nitrogen and oxygen atoms in total. The zero-order valence-electron chi connectivity index (χ0n) is 16.9. The Balaban J connectivity index is 1.31. The summed E-state index contributed by atoms with van der Waals surface area (Å²) in [5.74, 6) is 0.203. The second-order valence-corrected chi connectivity index (χ2v) is 10.2. The lowest BCUT2D eigenvalue weighted by atomic mass is 10.1. The Labute approximate surface area is 181 Å². The quantitative estimate of drug-likeness (QED) is 0.564. The summed E-state index contributed by atoms with van der Waals surface area (Å²) >= 11 is 1.62. The molecule has 8 heteroatoms. The highest BCUT2D eigenvalue weighted by Crippen LogP contribution is 2.27. The molecule has 2 heterocycles. The summed E-state index contributed by atoms with van der Waals surface area (Å²) in [7, 11) is -3.29. The zero-order valence-corrected chi connectivity index (χ0v) is 18.5. The number of carbonyl (C=O) groups excluding carboxylic acids is 1. The number of Topliss-reactive ketones (excluding diaryl/α,β-unsaturated/α-hetero) is 1. The van der Waals surface area contributed by atoms with Crippen LogP contribution in [-0.2, 0) is 10.0 Å². The molecule has 1 N–H and O–H groups in total. The van der Waals surface area contributed by atoms with Gasteiger partial charge in [-0.15, -0.1) is 11.3 Å². The maximum absolute atomic E-state index is 12.7. The minimum atomic E-state index is -3.29. The van der Waals surface area contributed by atoms with E-state index in [0.29, 0.717) is 12.1 Å². The van der Waals surface area contributed by atoms with Crippen LogP contribution in [0.2, 0.25) is 0 Å². The third kappa shape index (κ3) is 5.00. The first-order chi connectivity index (χ1) is 14.4. The molecule has 0 amide bonds. The van der Waals surface area contributed by atoms with Gasteiger partial charge in [0.2, 0.25) is 10.0 Å². The lowest BCUT2D eigenvalue weighted by molar-refractivity contribution is 0.0964. The highest BCUT2D eigenvalue weighted by atomic mass is 32.2. The van der Waals surface area contributed by atoms with Crippen molar-refractivity contribution in [2.45, 2.75) is 6.42 Å². The summed E-state index contributed by atoms with van der Waals surface area (Å²) in [6.45, 7) is 4.20. The monoisotopic (exact) mass is 443 g/mol. The van der Waals surface area contributed by atoms with Crippen molar-refractivity contribution in [1.29, 1.82) is 0 Å². The predicted octanol–water partition coefficient (Wildman–Crippen LogP) is 3.67. The molecule has 0 spiro atoms. The molecule has 0 bridgehead atoms. The number of fused-ring (bicyclic) bond motifs is 1. The maximum atomic E-state index is 12.7. The average molecular weight is 444 g/mol. The number of hydrogen-bond donors (Lipinski definition) is 1. The Bertz CT molecular complexity index is 1150. The van der Waals surface area contributed by atoms with Crippen LogP contribution in [0.1, 0.15) is 16.8 Å². The summed E-state index contributed by atoms with van der Waals surface area (Å²) in [5, 5.41) is 3.03. The minimum Gasteiger partial charge on any atom is -0.369 e. The molecule has 0 aliphatic carbocycles. The van der Waals surface area contributed by atoms with E-state index in [1.165, 1.54) is 0 Å². The summed E-state index contributed by atoms with van der Waals surface area (Å²) in [6, 6.07) is 15.5. The summed E-state index contributed by atoms with van der Waals surface area (Å²) in [4.78, 5) is 17.3. The second-order valence-electron chi connectivity index (χ2n) is 7.57. The molecule has 4 rings (SSSR count). The highest BCUT2D eigenvalue weighted by Gasteiger charge is 2.19. The van der Waals surface area contributed by atoms with E-state index >= 15 is 0 Å². The van der Waals surface area contributed by atoms with Crippen molar-refractivity contribution in [3.63, 3.8) is 0 Å². The maximum Gasteiger partial charge on any atom is 0.229 e. The molecule has 3 aromatic rings. The van der Waals surface area contributed by atoms with Gasteiger partial charge in [0.15, 0.2) is 5.78 Å². The molecule has 158 valence electrons. The van der Waals surface area contributed by atoms with Crippen molar-refractivity contribution in [2.24, 2.45) is 0 Å². The van der Waals surface area contributed by atoms with E-state index in [1.54, 1.807) is 17.4 Å². The van der Waals surface area contributed by atoms with Crippen LogP contribution in [0.15, 0.2) is 53.9 Å². The molecule has 1 aromatic heterocycles. The molecule has 1 aliphatic heterocycles. The van der Waals surface area contributed by atoms with Crippen molar-refractivity contribution in [1.82, 2.24) is 4.90 Å². The van der Waals surface area contributed by atoms with E-state index in [1.807, 2.05) is 41.8 Å². The molecule has 0 unspecified atom stereocenters. The smallest absolute Gasteiger partial charge is 0.229 e. The third-order valence-electron chi connectivity index (χ3n) is 5.32. The van der Waals surface area contributed by atoms with Gasteiger partial charge in [0.1, 0.15) is 0 Å². The second kappa shape index (κ2) is 8.75. The number of rotatable bonds is 7. The largest absolute Gasteiger partial charge is 0.369 e. The Hall–Kier alpha value is -2.42. The number of anilines is 2.